The quantitative estimate of drug-likeness (QED) is 0.761. The van der Waals surface area contributed by atoms with E-state index in [2.05, 4.69) is 56.9 Å². The van der Waals surface area contributed by atoms with Gasteiger partial charge in [0.25, 0.3) is 0 Å². The van der Waals surface area contributed by atoms with E-state index in [4.69, 9.17) is 0 Å². The minimum Gasteiger partial charge on any atom is -0.358 e. The third kappa shape index (κ3) is 2.29. The summed E-state index contributed by atoms with van der Waals surface area (Å²) in [6.45, 7) is 9.09. The minimum absolute atomic E-state index is 0.408. The Morgan fingerprint density at radius 1 is 1.12 bits per heavy atom. The molecule has 1 N–H and O–H groups in total. The van der Waals surface area contributed by atoms with Crippen LogP contribution in [0.5, 0.6) is 0 Å². The van der Waals surface area contributed by atoms with Crippen molar-refractivity contribution in [2.75, 3.05) is 0 Å². The molecule has 1 aromatic heterocycles. The largest absolute Gasteiger partial charge is 0.358 e. The number of rotatable bonds is 2. The van der Waals surface area contributed by atoms with E-state index >= 15 is 0 Å². The Bertz CT molecular complexity index is 486. The Labute approximate surface area is 97.9 Å². The molecule has 0 aliphatic heterocycles. The highest BCUT2D eigenvalue weighted by atomic mass is 14.7. The Kier molecular flexibility index (Phi) is 2.79. The molecule has 0 aliphatic carbocycles. The summed E-state index contributed by atoms with van der Waals surface area (Å²) in [5.41, 5.74) is 4.49. The number of hydrogen-bond donors (Lipinski definition) is 1. The van der Waals surface area contributed by atoms with Crippen molar-refractivity contribution in [2.45, 2.75) is 40.5 Å². The Hall–Kier alpha value is -1.24. The van der Waals surface area contributed by atoms with Crippen molar-refractivity contribution >= 4 is 10.9 Å². The maximum Gasteiger partial charge on any atom is 0.0458 e. The fourth-order valence-corrected chi connectivity index (χ4v) is 2.16. The average molecular weight is 215 g/mol. The monoisotopic (exact) mass is 215 g/mol. The van der Waals surface area contributed by atoms with Crippen LogP contribution in [-0.2, 0) is 6.42 Å². The van der Waals surface area contributed by atoms with E-state index in [0.29, 0.717) is 5.41 Å². The summed E-state index contributed by atoms with van der Waals surface area (Å²) in [6.07, 6.45) is 2.40. The first-order valence-electron chi connectivity index (χ1n) is 6.03. The third-order valence-corrected chi connectivity index (χ3v) is 3.15. The number of H-pyrrole nitrogens is 1. The molecule has 0 amide bonds. The zero-order chi connectivity index (χ0) is 11.8. The van der Waals surface area contributed by atoms with Gasteiger partial charge < -0.3 is 4.98 Å². The first-order chi connectivity index (χ1) is 7.47. The maximum atomic E-state index is 3.46. The molecule has 16 heavy (non-hydrogen) atoms. The van der Waals surface area contributed by atoms with E-state index < -0.39 is 0 Å². The van der Waals surface area contributed by atoms with Crippen molar-refractivity contribution in [3.05, 3.63) is 35.5 Å². The number of fused-ring (bicyclic) bond motifs is 1. The van der Waals surface area contributed by atoms with E-state index in [0.717, 1.165) is 0 Å². The van der Waals surface area contributed by atoms with Crippen LogP contribution in [0.3, 0.4) is 0 Å². The topological polar surface area (TPSA) is 15.8 Å². The SMILES string of the molecule is Cc1[nH]c2ccccc2c1CCC(C)(C)C. The fourth-order valence-electron chi connectivity index (χ4n) is 2.16. The molecular formula is C15H21N. The number of benzene rings is 1. The predicted molar refractivity (Wildman–Crippen MR) is 70.8 cm³/mol. The van der Waals surface area contributed by atoms with Gasteiger partial charge in [0.05, 0.1) is 0 Å². The second kappa shape index (κ2) is 3.97. The lowest BCUT2D eigenvalue weighted by Gasteiger charge is -2.17. The molecule has 1 heterocycles. The van der Waals surface area contributed by atoms with Crippen LogP contribution >= 0.6 is 0 Å². The summed E-state index contributed by atoms with van der Waals surface area (Å²) in [4.78, 5) is 3.46. The maximum absolute atomic E-state index is 3.46. The van der Waals surface area contributed by atoms with Gasteiger partial charge >= 0.3 is 0 Å². The smallest absolute Gasteiger partial charge is 0.0458 e. The van der Waals surface area contributed by atoms with Gasteiger partial charge in [-0.15, -0.1) is 0 Å². The number of hydrogen-bond acceptors (Lipinski definition) is 0. The number of aromatic nitrogens is 1. The van der Waals surface area contributed by atoms with Crippen molar-refractivity contribution in [2.24, 2.45) is 5.41 Å². The average Bonchev–Trinajstić information content (AvgIpc) is 2.49. The molecule has 0 saturated carbocycles. The van der Waals surface area contributed by atoms with Crippen molar-refractivity contribution in [3.63, 3.8) is 0 Å². The highest BCUT2D eigenvalue weighted by molar-refractivity contribution is 5.84. The summed E-state index contributed by atoms with van der Waals surface area (Å²) >= 11 is 0. The van der Waals surface area contributed by atoms with Gasteiger partial charge in [0, 0.05) is 16.6 Å². The summed E-state index contributed by atoms with van der Waals surface area (Å²) in [6, 6.07) is 8.59. The van der Waals surface area contributed by atoms with Crippen LogP contribution in [0, 0.1) is 12.3 Å². The van der Waals surface area contributed by atoms with Crippen LogP contribution in [0.4, 0.5) is 0 Å². The molecule has 1 nitrogen and oxygen atoms in total. The number of aryl methyl sites for hydroxylation is 2. The highest BCUT2D eigenvalue weighted by Crippen LogP contribution is 2.27. The summed E-state index contributed by atoms with van der Waals surface area (Å²) in [7, 11) is 0. The van der Waals surface area contributed by atoms with Gasteiger partial charge in [-0.3, -0.25) is 0 Å². The molecule has 0 spiro atoms. The summed E-state index contributed by atoms with van der Waals surface area (Å²) in [5, 5.41) is 1.39. The van der Waals surface area contributed by atoms with Crippen LogP contribution in [0.2, 0.25) is 0 Å². The van der Waals surface area contributed by atoms with Gasteiger partial charge in [0.15, 0.2) is 0 Å². The first kappa shape index (κ1) is 11.3. The standard InChI is InChI=1S/C15H21N/c1-11-12(9-10-15(2,3)4)13-7-5-6-8-14(13)16-11/h5-8,16H,9-10H2,1-4H3. The Morgan fingerprint density at radius 2 is 1.81 bits per heavy atom. The molecular weight excluding hydrogens is 194 g/mol. The molecule has 0 saturated heterocycles. The van der Waals surface area contributed by atoms with E-state index in [1.807, 2.05) is 0 Å². The summed E-state index contributed by atoms with van der Waals surface area (Å²) < 4.78 is 0. The molecule has 2 aromatic rings. The molecule has 86 valence electrons. The van der Waals surface area contributed by atoms with Gasteiger partial charge in [0.2, 0.25) is 0 Å². The molecule has 0 atom stereocenters. The van der Waals surface area contributed by atoms with Crippen molar-refractivity contribution in [3.8, 4) is 0 Å². The van der Waals surface area contributed by atoms with Gasteiger partial charge in [-0.25, -0.2) is 0 Å². The van der Waals surface area contributed by atoms with E-state index in [1.54, 1.807) is 0 Å². The van der Waals surface area contributed by atoms with Crippen LogP contribution in [-0.4, -0.2) is 4.98 Å². The van der Waals surface area contributed by atoms with Gasteiger partial charge in [0.1, 0.15) is 0 Å². The van der Waals surface area contributed by atoms with Crippen LogP contribution in [0.15, 0.2) is 24.3 Å². The second-order valence-electron chi connectivity index (χ2n) is 5.83. The minimum atomic E-state index is 0.408. The molecule has 1 heteroatoms. The van der Waals surface area contributed by atoms with E-state index in [-0.39, 0.29) is 0 Å². The molecule has 0 unspecified atom stereocenters. The van der Waals surface area contributed by atoms with Gasteiger partial charge in [-0.1, -0.05) is 39.0 Å². The number of para-hydroxylation sites is 1. The van der Waals surface area contributed by atoms with Crippen LogP contribution < -0.4 is 0 Å². The molecule has 0 radical (unpaired) electrons. The molecule has 0 fully saturated rings. The fraction of sp³-hybridized carbons (Fsp3) is 0.467. The number of aromatic amines is 1. The lowest BCUT2D eigenvalue weighted by Crippen LogP contribution is -2.06. The van der Waals surface area contributed by atoms with E-state index in [1.165, 1.54) is 35.0 Å². The summed E-state index contributed by atoms with van der Waals surface area (Å²) in [5.74, 6) is 0. The van der Waals surface area contributed by atoms with Gasteiger partial charge in [-0.05, 0) is 36.8 Å². The zero-order valence-electron chi connectivity index (χ0n) is 10.7. The van der Waals surface area contributed by atoms with E-state index in [9.17, 15) is 0 Å². The van der Waals surface area contributed by atoms with Crippen LogP contribution in [0.1, 0.15) is 38.4 Å². The lowest BCUT2D eigenvalue weighted by atomic mass is 9.88. The second-order valence-corrected chi connectivity index (χ2v) is 5.83. The molecule has 2 rings (SSSR count). The predicted octanol–water partition coefficient (Wildman–Crippen LogP) is 4.46. The lowest BCUT2D eigenvalue weighted by molar-refractivity contribution is 0.378. The molecule has 1 aromatic carbocycles. The Balaban J connectivity index is 2.33. The van der Waals surface area contributed by atoms with Crippen molar-refractivity contribution < 1.29 is 0 Å². The molecule has 0 aliphatic rings. The van der Waals surface area contributed by atoms with Crippen molar-refractivity contribution in [1.82, 2.24) is 4.98 Å². The number of nitrogens with one attached hydrogen (secondary N) is 1. The zero-order valence-corrected chi connectivity index (χ0v) is 10.7. The highest BCUT2D eigenvalue weighted by Gasteiger charge is 2.13. The first-order valence-corrected chi connectivity index (χ1v) is 6.03. The molecule has 0 bridgehead atoms. The normalized spacial score (nSPS) is 12.2. The van der Waals surface area contributed by atoms with Crippen LogP contribution in [0.25, 0.3) is 10.9 Å². The Morgan fingerprint density at radius 3 is 2.50 bits per heavy atom. The van der Waals surface area contributed by atoms with Crippen molar-refractivity contribution in [1.29, 1.82) is 0 Å². The third-order valence-electron chi connectivity index (χ3n) is 3.15. The van der Waals surface area contributed by atoms with Gasteiger partial charge in [-0.2, -0.15) is 0 Å².